The summed E-state index contributed by atoms with van der Waals surface area (Å²) < 4.78 is 6.12. The smallest absolute Gasteiger partial charge is 0.192 e. The first-order valence-corrected chi connectivity index (χ1v) is 8.87. The fourth-order valence-electron chi connectivity index (χ4n) is 1.14. The van der Waals surface area contributed by atoms with Gasteiger partial charge in [-0.3, -0.25) is 4.98 Å². The van der Waals surface area contributed by atoms with E-state index in [0.29, 0.717) is 6.61 Å². The van der Waals surface area contributed by atoms with Crippen molar-refractivity contribution in [3.63, 3.8) is 0 Å². The highest BCUT2D eigenvalue weighted by Gasteiger charge is 2.37. The van der Waals surface area contributed by atoms with Crippen LogP contribution in [0.5, 0.6) is 0 Å². The average molecular weight is 249 g/mol. The van der Waals surface area contributed by atoms with Crippen LogP contribution in [0.15, 0.2) is 31.1 Å². The summed E-state index contributed by atoms with van der Waals surface area (Å²) in [7, 11) is -1.68. The van der Waals surface area contributed by atoms with Gasteiger partial charge in [0, 0.05) is 12.4 Å². The molecular weight excluding hydrogens is 226 g/mol. The van der Waals surface area contributed by atoms with Crippen LogP contribution in [0.2, 0.25) is 18.1 Å². The third-order valence-electron chi connectivity index (χ3n) is 3.48. The molecule has 0 fully saturated rings. The van der Waals surface area contributed by atoms with Crippen LogP contribution >= 0.6 is 0 Å². The zero-order valence-electron chi connectivity index (χ0n) is 11.6. The van der Waals surface area contributed by atoms with Gasteiger partial charge in [0.25, 0.3) is 0 Å². The minimum absolute atomic E-state index is 0.238. The van der Waals surface area contributed by atoms with E-state index >= 15 is 0 Å². The molecule has 0 N–H and O–H groups in total. The topological polar surface area (TPSA) is 22.1 Å². The van der Waals surface area contributed by atoms with Crippen LogP contribution in [0.3, 0.4) is 0 Å². The van der Waals surface area contributed by atoms with E-state index in [1.165, 1.54) is 0 Å². The number of aromatic nitrogens is 1. The van der Waals surface area contributed by atoms with E-state index in [0.717, 1.165) is 11.1 Å². The van der Waals surface area contributed by atoms with Crippen molar-refractivity contribution in [2.24, 2.45) is 0 Å². The summed E-state index contributed by atoms with van der Waals surface area (Å²) in [4.78, 5) is 4.09. The van der Waals surface area contributed by atoms with Crippen molar-refractivity contribution >= 4 is 13.9 Å². The van der Waals surface area contributed by atoms with Crippen molar-refractivity contribution in [2.45, 2.75) is 38.9 Å². The van der Waals surface area contributed by atoms with Crippen LogP contribution in [0.1, 0.15) is 26.3 Å². The van der Waals surface area contributed by atoms with E-state index in [-0.39, 0.29) is 5.04 Å². The molecule has 0 aromatic carbocycles. The standard InChI is InChI=1S/C14H23NOSi/c1-12(13-8-7-9-15-10-13)11-16-17(5,6)14(2,3)4/h7-10H,1,11H2,2-6H3. The maximum Gasteiger partial charge on any atom is 0.192 e. The fourth-order valence-corrected chi connectivity index (χ4v) is 2.11. The SMILES string of the molecule is C=C(CO[Si](C)(C)C(C)(C)C)c1cccnc1. The maximum absolute atomic E-state index is 6.12. The molecule has 0 amide bonds. The first-order chi connectivity index (χ1) is 7.74. The summed E-state index contributed by atoms with van der Waals surface area (Å²) in [5, 5.41) is 0.238. The molecule has 2 nitrogen and oxygen atoms in total. The monoisotopic (exact) mass is 249 g/mol. The zero-order chi connectivity index (χ0) is 13.1. The first-order valence-electron chi connectivity index (χ1n) is 5.96. The molecule has 0 saturated carbocycles. The Balaban J connectivity index is 2.61. The quantitative estimate of drug-likeness (QED) is 0.749. The summed E-state index contributed by atoms with van der Waals surface area (Å²) in [6.07, 6.45) is 3.60. The van der Waals surface area contributed by atoms with Crippen LogP contribution in [0.4, 0.5) is 0 Å². The summed E-state index contributed by atoms with van der Waals surface area (Å²) in [6.45, 7) is 15.9. The van der Waals surface area contributed by atoms with Crippen molar-refractivity contribution in [3.05, 3.63) is 36.7 Å². The Morgan fingerprint density at radius 3 is 2.53 bits per heavy atom. The van der Waals surface area contributed by atoms with Crippen LogP contribution in [-0.2, 0) is 4.43 Å². The molecule has 1 aromatic heterocycles. The van der Waals surface area contributed by atoms with Crippen LogP contribution in [0.25, 0.3) is 5.57 Å². The van der Waals surface area contributed by atoms with Gasteiger partial charge in [0.2, 0.25) is 0 Å². The third kappa shape index (κ3) is 3.79. The molecule has 0 saturated heterocycles. The molecular formula is C14H23NOSi. The number of nitrogens with zero attached hydrogens (tertiary/aromatic N) is 1. The van der Waals surface area contributed by atoms with Gasteiger partial charge >= 0.3 is 0 Å². The summed E-state index contributed by atoms with van der Waals surface area (Å²) in [6, 6.07) is 3.94. The van der Waals surface area contributed by atoms with Gasteiger partial charge in [-0.25, -0.2) is 0 Å². The van der Waals surface area contributed by atoms with Gasteiger partial charge in [-0.1, -0.05) is 33.4 Å². The van der Waals surface area contributed by atoms with E-state index in [1.54, 1.807) is 6.20 Å². The molecule has 1 rings (SSSR count). The van der Waals surface area contributed by atoms with E-state index in [2.05, 4.69) is 45.4 Å². The Morgan fingerprint density at radius 1 is 1.41 bits per heavy atom. The van der Waals surface area contributed by atoms with E-state index in [9.17, 15) is 0 Å². The minimum Gasteiger partial charge on any atom is -0.413 e. The van der Waals surface area contributed by atoms with Crippen molar-refractivity contribution in [1.82, 2.24) is 4.98 Å². The van der Waals surface area contributed by atoms with Gasteiger partial charge in [0.15, 0.2) is 8.32 Å². The Bertz CT molecular complexity index is 379. The largest absolute Gasteiger partial charge is 0.413 e. The average Bonchev–Trinajstić information content (AvgIpc) is 2.25. The molecule has 0 aliphatic carbocycles. The highest BCUT2D eigenvalue weighted by molar-refractivity contribution is 6.74. The van der Waals surface area contributed by atoms with Crippen LogP contribution in [-0.4, -0.2) is 19.9 Å². The molecule has 0 unspecified atom stereocenters. The van der Waals surface area contributed by atoms with E-state index < -0.39 is 8.32 Å². The molecule has 0 bridgehead atoms. The first kappa shape index (κ1) is 14.1. The summed E-state index contributed by atoms with van der Waals surface area (Å²) in [5.74, 6) is 0. The molecule has 0 aliphatic rings. The molecule has 1 aromatic rings. The van der Waals surface area contributed by atoms with Crippen molar-refractivity contribution < 1.29 is 4.43 Å². The van der Waals surface area contributed by atoms with E-state index in [4.69, 9.17) is 4.43 Å². The number of hydrogen-bond acceptors (Lipinski definition) is 2. The normalized spacial score (nSPS) is 12.5. The van der Waals surface area contributed by atoms with E-state index in [1.807, 2.05) is 18.3 Å². The lowest BCUT2D eigenvalue weighted by molar-refractivity contribution is 0.334. The van der Waals surface area contributed by atoms with Gasteiger partial charge < -0.3 is 4.43 Å². The van der Waals surface area contributed by atoms with Crippen molar-refractivity contribution in [3.8, 4) is 0 Å². The lowest BCUT2D eigenvalue weighted by Crippen LogP contribution is -2.41. The van der Waals surface area contributed by atoms with Gasteiger partial charge in [-0.05, 0) is 35.3 Å². The lowest BCUT2D eigenvalue weighted by atomic mass is 10.1. The Hall–Kier alpha value is -0.933. The van der Waals surface area contributed by atoms with Crippen LogP contribution < -0.4 is 0 Å². The number of rotatable bonds is 4. The molecule has 0 atom stereocenters. The van der Waals surface area contributed by atoms with Crippen molar-refractivity contribution in [2.75, 3.05) is 6.61 Å². The second kappa shape index (κ2) is 5.15. The van der Waals surface area contributed by atoms with Gasteiger partial charge in [-0.15, -0.1) is 0 Å². The molecule has 1 heterocycles. The third-order valence-corrected chi connectivity index (χ3v) is 7.96. The molecule has 0 aliphatic heterocycles. The second-order valence-corrected chi connectivity index (χ2v) is 10.7. The summed E-state index contributed by atoms with van der Waals surface area (Å²) >= 11 is 0. The predicted molar refractivity (Wildman–Crippen MR) is 76.4 cm³/mol. The number of pyridine rings is 1. The zero-order valence-corrected chi connectivity index (χ0v) is 12.6. The predicted octanol–water partition coefficient (Wildman–Crippen LogP) is 4.12. The summed E-state index contributed by atoms with van der Waals surface area (Å²) in [5.41, 5.74) is 2.06. The molecule has 17 heavy (non-hydrogen) atoms. The number of hydrogen-bond donors (Lipinski definition) is 0. The highest BCUT2D eigenvalue weighted by atomic mass is 28.4. The van der Waals surface area contributed by atoms with Crippen molar-refractivity contribution in [1.29, 1.82) is 0 Å². The van der Waals surface area contributed by atoms with Crippen LogP contribution in [0, 0.1) is 0 Å². The minimum atomic E-state index is -1.68. The maximum atomic E-state index is 6.12. The van der Waals surface area contributed by atoms with Gasteiger partial charge in [0.1, 0.15) is 0 Å². The van der Waals surface area contributed by atoms with Gasteiger partial charge in [-0.2, -0.15) is 0 Å². The highest BCUT2D eigenvalue weighted by Crippen LogP contribution is 2.37. The fraction of sp³-hybridized carbons (Fsp3) is 0.500. The Labute approximate surface area is 106 Å². The molecule has 94 valence electrons. The van der Waals surface area contributed by atoms with Gasteiger partial charge in [0.05, 0.1) is 6.61 Å². The molecule has 0 spiro atoms. The Kier molecular flexibility index (Phi) is 4.28. The molecule has 0 radical (unpaired) electrons. The second-order valence-electron chi connectivity index (χ2n) is 5.89. The lowest BCUT2D eigenvalue weighted by Gasteiger charge is -2.36. The Morgan fingerprint density at radius 2 is 2.06 bits per heavy atom. The molecule has 3 heteroatoms.